The Morgan fingerprint density at radius 3 is 2.35 bits per heavy atom. The third-order valence-corrected chi connectivity index (χ3v) is 6.04. The van der Waals surface area contributed by atoms with Gasteiger partial charge in [0, 0.05) is 0 Å². The van der Waals surface area contributed by atoms with Gasteiger partial charge in [0.05, 0.1) is 0 Å². The first-order chi connectivity index (χ1) is 10.7. The number of hydrogen-bond donors (Lipinski definition) is 0. The van der Waals surface area contributed by atoms with Crippen LogP contribution in [0.4, 0.5) is 4.39 Å². The van der Waals surface area contributed by atoms with Gasteiger partial charge in [0.1, 0.15) is 5.83 Å². The van der Waals surface area contributed by atoms with Crippen molar-refractivity contribution in [1.29, 1.82) is 0 Å². The first kappa shape index (κ1) is 20.5. The predicted molar refractivity (Wildman–Crippen MR) is 101 cm³/mol. The van der Waals surface area contributed by atoms with Gasteiger partial charge in [0.2, 0.25) is 0 Å². The lowest BCUT2D eigenvalue weighted by atomic mass is 9.75. The van der Waals surface area contributed by atoms with Crippen LogP contribution in [0, 0.1) is 23.2 Å². The molecule has 0 radical (unpaired) electrons. The van der Waals surface area contributed by atoms with Gasteiger partial charge in [0.15, 0.2) is 0 Å². The fraction of sp³-hybridized carbons (Fsp3) is 0.818. The topological polar surface area (TPSA) is 0 Å². The molecular formula is C22H39F. The van der Waals surface area contributed by atoms with Gasteiger partial charge in [-0.25, -0.2) is 4.39 Å². The van der Waals surface area contributed by atoms with Crippen LogP contribution < -0.4 is 0 Å². The molecule has 0 amide bonds. The van der Waals surface area contributed by atoms with E-state index in [9.17, 15) is 4.39 Å². The number of halogens is 1. The van der Waals surface area contributed by atoms with Crippen LogP contribution in [0.2, 0.25) is 0 Å². The molecular weight excluding hydrogens is 283 g/mol. The average Bonchev–Trinajstić information content (AvgIpc) is 2.52. The predicted octanol–water partition coefficient (Wildman–Crippen LogP) is 7.86. The molecule has 0 N–H and O–H groups in total. The van der Waals surface area contributed by atoms with Crippen LogP contribution in [-0.4, -0.2) is 0 Å². The molecule has 1 fully saturated rings. The minimum Gasteiger partial charge on any atom is -0.207 e. The molecule has 0 aromatic carbocycles. The van der Waals surface area contributed by atoms with Gasteiger partial charge in [-0.3, -0.25) is 0 Å². The van der Waals surface area contributed by atoms with E-state index < -0.39 is 0 Å². The molecule has 1 atom stereocenters. The van der Waals surface area contributed by atoms with Crippen molar-refractivity contribution in [2.75, 3.05) is 0 Å². The van der Waals surface area contributed by atoms with Gasteiger partial charge >= 0.3 is 0 Å². The zero-order valence-corrected chi connectivity index (χ0v) is 16.4. The molecule has 23 heavy (non-hydrogen) atoms. The summed E-state index contributed by atoms with van der Waals surface area (Å²) < 4.78 is 13.4. The van der Waals surface area contributed by atoms with Gasteiger partial charge < -0.3 is 0 Å². The Kier molecular flexibility index (Phi) is 8.58. The molecule has 1 aliphatic rings. The van der Waals surface area contributed by atoms with Crippen LogP contribution in [0.1, 0.15) is 92.9 Å². The summed E-state index contributed by atoms with van der Waals surface area (Å²) in [5.41, 5.74) is 1.58. The number of hydrogen-bond acceptors (Lipinski definition) is 0. The zero-order valence-electron chi connectivity index (χ0n) is 16.4. The summed E-state index contributed by atoms with van der Waals surface area (Å²) in [4.78, 5) is 0. The molecule has 1 rings (SSSR count). The number of allylic oxidation sites excluding steroid dienone is 4. The van der Waals surface area contributed by atoms with Crippen molar-refractivity contribution in [3.63, 3.8) is 0 Å². The maximum absolute atomic E-state index is 13.4. The maximum atomic E-state index is 13.4. The normalized spacial score (nSPS) is 25.5. The highest BCUT2D eigenvalue weighted by molar-refractivity contribution is 5.17. The van der Waals surface area contributed by atoms with Crippen LogP contribution in [0.3, 0.4) is 0 Å². The van der Waals surface area contributed by atoms with E-state index in [4.69, 9.17) is 0 Å². The first-order valence-electron chi connectivity index (χ1n) is 9.73. The van der Waals surface area contributed by atoms with E-state index in [2.05, 4.69) is 34.6 Å². The second-order valence-corrected chi connectivity index (χ2v) is 8.83. The molecule has 1 saturated carbocycles. The van der Waals surface area contributed by atoms with E-state index in [1.807, 2.05) is 0 Å². The van der Waals surface area contributed by atoms with E-state index in [0.29, 0.717) is 11.3 Å². The molecule has 0 nitrogen and oxygen atoms in total. The first-order valence-corrected chi connectivity index (χ1v) is 9.73. The van der Waals surface area contributed by atoms with Crippen molar-refractivity contribution < 1.29 is 4.39 Å². The standard InChI is InChI=1S/C22H39F/c1-7-21(23)16-19(4)18(3)12-14-22(5,6)15-13-20-10-8-17(2)9-11-20/h7,16-18,20H,8-15H2,1-6H3/b19-16+,21-7+. The molecule has 134 valence electrons. The maximum Gasteiger partial charge on any atom is 0.118 e. The Morgan fingerprint density at radius 1 is 1.17 bits per heavy atom. The Hall–Kier alpha value is -0.590. The Labute approximate surface area is 144 Å². The third kappa shape index (κ3) is 8.18. The summed E-state index contributed by atoms with van der Waals surface area (Å²) in [6.45, 7) is 13.3. The van der Waals surface area contributed by atoms with Crippen LogP contribution in [-0.2, 0) is 0 Å². The lowest BCUT2D eigenvalue weighted by Gasteiger charge is -2.31. The summed E-state index contributed by atoms with van der Waals surface area (Å²) in [6.07, 6.45) is 14.1. The van der Waals surface area contributed by atoms with Gasteiger partial charge in [-0.1, -0.05) is 65.0 Å². The van der Waals surface area contributed by atoms with Crippen molar-refractivity contribution >= 4 is 0 Å². The molecule has 1 aliphatic carbocycles. The summed E-state index contributed by atoms with van der Waals surface area (Å²) in [5, 5.41) is 0. The molecule has 0 aromatic heterocycles. The average molecular weight is 323 g/mol. The summed E-state index contributed by atoms with van der Waals surface area (Å²) in [6, 6.07) is 0. The highest BCUT2D eigenvalue weighted by Gasteiger charge is 2.23. The molecule has 0 saturated heterocycles. The molecule has 0 spiro atoms. The zero-order chi connectivity index (χ0) is 17.5. The second-order valence-electron chi connectivity index (χ2n) is 8.83. The minimum atomic E-state index is -0.111. The third-order valence-electron chi connectivity index (χ3n) is 6.04. The van der Waals surface area contributed by atoms with Gasteiger partial charge in [0.25, 0.3) is 0 Å². The van der Waals surface area contributed by atoms with Crippen molar-refractivity contribution in [2.24, 2.45) is 23.2 Å². The lowest BCUT2D eigenvalue weighted by molar-refractivity contribution is 0.216. The Morgan fingerprint density at radius 2 is 1.78 bits per heavy atom. The van der Waals surface area contributed by atoms with Gasteiger partial charge in [-0.15, -0.1) is 0 Å². The van der Waals surface area contributed by atoms with E-state index in [0.717, 1.165) is 23.8 Å². The molecule has 1 heteroatoms. The molecule has 0 aliphatic heterocycles. The van der Waals surface area contributed by atoms with E-state index >= 15 is 0 Å². The smallest absolute Gasteiger partial charge is 0.118 e. The summed E-state index contributed by atoms with van der Waals surface area (Å²) in [5.74, 6) is 2.27. The van der Waals surface area contributed by atoms with Crippen LogP contribution in [0.5, 0.6) is 0 Å². The van der Waals surface area contributed by atoms with Crippen molar-refractivity contribution in [3.8, 4) is 0 Å². The van der Waals surface area contributed by atoms with Gasteiger partial charge in [-0.05, 0) is 68.8 Å². The fourth-order valence-electron chi connectivity index (χ4n) is 3.62. The summed E-state index contributed by atoms with van der Waals surface area (Å²) in [7, 11) is 0. The minimum absolute atomic E-state index is 0.111. The van der Waals surface area contributed by atoms with E-state index in [-0.39, 0.29) is 5.83 Å². The second kappa shape index (κ2) is 9.64. The van der Waals surface area contributed by atoms with Crippen molar-refractivity contribution in [3.05, 3.63) is 23.6 Å². The SMILES string of the molecule is C/C=C(F)\C=C(/C)C(C)CCC(C)(C)CCC1CCC(C)CC1. The van der Waals surface area contributed by atoms with Crippen LogP contribution in [0.25, 0.3) is 0 Å². The lowest BCUT2D eigenvalue weighted by Crippen LogP contribution is -2.18. The highest BCUT2D eigenvalue weighted by atomic mass is 19.1. The molecule has 0 heterocycles. The fourth-order valence-corrected chi connectivity index (χ4v) is 3.62. The number of rotatable bonds is 8. The molecule has 0 bridgehead atoms. The van der Waals surface area contributed by atoms with Crippen molar-refractivity contribution in [1.82, 2.24) is 0 Å². The molecule has 1 unspecified atom stereocenters. The van der Waals surface area contributed by atoms with E-state index in [1.165, 1.54) is 51.0 Å². The quantitative estimate of drug-likeness (QED) is 0.399. The Bertz CT molecular complexity index is 394. The van der Waals surface area contributed by atoms with Crippen LogP contribution >= 0.6 is 0 Å². The molecule has 0 aromatic rings. The largest absolute Gasteiger partial charge is 0.207 e. The van der Waals surface area contributed by atoms with E-state index in [1.54, 1.807) is 13.0 Å². The monoisotopic (exact) mass is 322 g/mol. The van der Waals surface area contributed by atoms with Crippen molar-refractivity contribution in [2.45, 2.75) is 92.9 Å². The van der Waals surface area contributed by atoms with Crippen LogP contribution in [0.15, 0.2) is 23.6 Å². The summed E-state index contributed by atoms with van der Waals surface area (Å²) >= 11 is 0. The van der Waals surface area contributed by atoms with Gasteiger partial charge in [-0.2, -0.15) is 0 Å². The highest BCUT2D eigenvalue weighted by Crippen LogP contribution is 2.37. The Balaban J connectivity index is 2.35.